The number of hydrogen-bond acceptors (Lipinski definition) is 5. The highest BCUT2D eigenvalue weighted by atomic mass is 16.6. The van der Waals surface area contributed by atoms with Gasteiger partial charge in [-0.25, -0.2) is 0 Å². The van der Waals surface area contributed by atoms with Crippen LogP contribution in [0.3, 0.4) is 0 Å². The summed E-state index contributed by atoms with van der Waals surface area (Å²) in [6.07, 6.45) is 2.13. The van der Waals surface area contributed by atoms with E-state index in [2.05, 4.69) is 5.10 Å². The second-order valence-electron chi connectivity index (χ2n) is 3.44. The van der Waals surface area contributed by atoms with E-state index in [0.29, 0.717) is 11.1 Å². The molecule has 0 bridgehead atoms. The van der Waals surface area contributed by atoms with Crippen LogP contribution in [-0.2, 0) is 4.79 Å². The van der Waals surface area contributed by atoms with Crippen LogP contribution in [0.25, 0.3) is 0 Å². The van der Waals surface area contributed by atoms with Gasteiger partial charge in [-0.3, -0.25) is 15.1 Å². The number of nitro benzene ring substituents is 1. The monoisotopic (exact) mass is 219 g/mol. The van der Waals surface area contributed by atoms with Crippen molar-refractivity contribution in [1.82, 2.24) is 5.01 Å². The molecule has 1 atom stereocenters. The number of nitro groups is 1. The number of rotatable bonds is 2. The molecule has 0 N–H and O–H groups in total. The minimum atomic E-state index is -0.556. The Morgan fingerprint density at radius 2 is 2.31 bits per heavy atom. The van der Waals surface area contributed by atoms with Gasteiger partial charge in [0.15, 0.2) is 0 Å². The van der Waals surface area contributed by atoms with Crippen molar-refractivity contribution in [2.24, 2.45) is 5.10 Å². The molecular formula is C10H9N3O3. The fourth-order valence-corrected chi connectivity index (χ4v) is 1.71. The Morgan fingerprint density at radius 1 is 1.56 bits per heavy atom. The van der Waals surface area contributed by atoms with Crippen molar-refractivity contribution in [3.8, 4) is 0 Å². The predicted octanol–water partition coefficient (Wildman–Crippen LogP) is 1.11. The average molecular weight is 219 g/mol. The summed E-state index contributed by atoms with van der Waals surface area (Å²) < 4.78 is 0. The van der Waals surface area contributed by atoms with Gasteiger partial charge in [0.1, 0.15) is 12.3 Å². The maximum atomic E-state index is 10.9. The molecule has 0 aromatic heterocycles. The van der Waals surface area contributed by atoms with Gasteiger partial charge in [0.2, 0.25) is 0 Å². The number of fused-ring (bicyclic) bond motifs is 1. The van der Waals surface area contributed by atoms with Crippen molar-refractivity contribution in [1.29, 1.82) is 0 Å². The van der Waals surface area contributed by atoms with Gasteiger partial charge in [0.25, 0.3) is 5.69 Å². The SMILES string of the molecule is CN1N=Cc2c(cccc2[N+](=O)[O-])C1C=O. The molecule has 16 heavy (non-hydrogen) atoms. The van der Waals surface area contributed by atoms with Crippen LogP contribution in [0, 0.1) is 10.1 Å². The molecule has 0 spiro atoms. The standard InChI is InChI=1S/C10H9N3O3/c1-12-10(6-14)7-3-2-4-9(13(15)16)8(7)5-11-12/h2-6,10H,1H3. The van der Waals surface area contributed by atoms with Gasteiger partial charge in [0, 0.05) is 13.1 Å². The normalized spacial score (nSPS) is 18.1. The first-order valence-electron chi connectivity index (χ1n) is 4.64. The lowest BCUT2D eigenvalue weighted by molar-refractivity contribution is -0.385. The summed E-state index contributed by atoms with van der Waals surface area (Å²) in [5.41, 5.74) is 0.991. The maximum absolute atomic E-state index is 10.9. The highest BCUT2D eigenvalue weighted by molar-refractivity contribution is 5.90. The van der Waals surface area contributed by atoms with E-state index in [4.69, 9.17) is 0 Å². The van der Waals surface area contributed by atoms with Crippen LogP contribution in [0.2, 0.25) is 0 Å². The van der Waals surface area contributed by atoms with Crippen molar-refractivity contribution in [2.75, 3.05) is 7.05 Å². The third kappa shape index (κ3) is 1.44. The molecule has 0 fully saturated rings. The van der Waals surface area contributed by atoms with Gasteiger partial charge in [-0.15, -0.1) is 0 Å². The van der Waals surface area contributed by atoms with E-state index in [-0.39, 0.29) is 5.69 Å². The first-order valence-corrected chi connectivity index (χ1v) is 4.64. The summed E-state index contributed by atoms with van der Waals surface area (Å²) in [6, 6.07) is 4.11. The molecule has 0 radical (unpaired) electrons. The Hall–Kier alpha value is -2.24. The van der Waals surface area contributed by atoms with Crippen LogP contribution in [-0.4, -0.2) is 29.5 Å². The number of carbonyl (C=O) groups excluding carboxylic acids is 1. The predicted molar refractivity (Wildman–Crippen MR) is 57.3 cm³/mol. The van der Waals surface area contributed by atoms with E-state index in [9.17, 15) is 14.9 Å². The lowest BCUT2D eigenvalue weighted by Gasteiger charge is -2.25. The van der Waals surface area contributed by atoms with E-state index in [0.717, 1.165) is 6.29 Å². The summed E-state index contributed by atoms with van der Waals surface area (Å²) in [5, 5.41) is 16.2. The van der Waals surface area contributed by atoms with Crippen LogP contribution in [0.1, 0.15) is 17.2 Å². The molecule has 1 aromatic carbocycles. The van der Waals surface area contributed by atoms with Gasteiger partial charge in [0.05, 0.1) is 16.7 Å². The molecule has 0 saturated heterocycles. The fourth-order valence-electron chi connectivity index (χ4n) is 1.71. The van der Waals surface area contributed by atoms with Gasteiger partial charge in [-0.05, 0) is 5.56 Å². The second-order valence-corrected chi connectivity index (χ2v) is 3.44. The Bertz CT molecular complexity index is 484. The third-order valence-corrected chi connectivity index (χ3v) is 2.53. The van der Waals surface area contributed by atoms with Crippen molar-refractivity contribution >= 4 is 18.2 Å². The van der Waals surface area contributed by atoms with Crippen LogP contribution >= 0.6 is 0 Å². The summed E-state index contributed by atoms with van der Waals surface area (Å²) in [4.78, 5) is 21.2. The zero-order valence-corrected chi connectivity index (χ0v) is 8.53. The quantitative estimate of drug-likeness (QED) is 0.424. The summed E-state index contributed by atoms with van der Waals surface area (Å²) in [7, 11) is 1.65. The molecule has 2 rings (SSSR count). The van der Waals surface area contributed by atoms with E-state index >= 15 is 0 Å². The molecule has 1 aliphatic rings. The van der Waals surface area contributed by atoms with Gasteiger partial charge in [-0.2, -0.15) is 5.10 Å². The molecule has 6 nitrogen and oxygen atoms in total. The lowest BCUT2D eigenvalue weighted by atomic mass is 9.99. The maximum Gasteiger partial charge on any atom is 0.278 e. The number of hydrazone groups is 1. The Balaban J connectivity index is 2.63. The zero-order chi connectivity index (χ0) is 11.7. The van der Waals surface area contributed by atoms with Crippen molar-refractivity contribution in [3.05, 3.63) is 39.4 Å². The fraction of sp³-hybridized carbons (Fsp3) is 0.200. The summed E-state index contributed by atoms with van der Waals surface area (Å²) in [6.45, 7) is 0. The highest BCUT2D eigenvalue weighted by Gasteiger charge is 2.26. The van der Waals surface area contributed by atoms with E-state index in [1.54, 1.807) is 19.2 Å². The number of likely N-dealkylation sites (N-methyl/N-ethyl adjacent to an activating group) is 1. The molecule has 0 aliphatic carbocycles. The van der Waals surface area contributed by atoms with Crippen LogP contribution in [0.15, 0.2) is 23.3 Å². The second kappa shape index (κ2) is 3.73. The highest BCUT2D eigenvalue weighted by Crippen LogP contribution is 2.30. The van der Waals surface area contributed by atoms with Crippen molar-refractivity contribution in [2.45, 2.75) is 6.04 Å². The number of carbonyl (C=O) groups is 1. The molecule has 6 heteroatoms. The molecule has 1 unspecified atom stereocenters. The average Bonchev–Trinajstić information content (AvgIpc) is 2.27. The van der Waals surface area contributed by atoms with Crippen molar-refractivity contribution in [3.63, 3.8) is 0 Å². The molecule has 0 amide bonds. The van der Waals surface area contributed by atoms with E-state index in [1.807, 2.05) is 0 Å². The Kier molecular flexibility index (Phi) is 2.40. The van der Waals surface area contributed by atoms with E-state index < -0.39 is 11.0 Å². The topological polar surface area (TPSA) is 75.8 Å². The van der Waals surface area contributed by atoms with Crippen molar-refractivity contribution < 1.29 is 9.72 Å². The smallest absolute Gasteiger partial charge is 0.278 e. The first kappa shape index (κ1) is 10.3. The number of benzene rings is 1. The van der Waals surface area contributed by atoms with E-state index in [1.165, 1.54) is 17.3 Å². The number of aldehydes is 1. The third-order valence-electron chi connectivity index (χ3n) is 2.53. The first-order chi connectivity index (χ1) is 7.65. The Labute approximate surface area is 91.3 Å². The van der Waals surface area contributed by atoms with Crippen LogP contribution in [0.4, 0.5) is 5.69 Å². The molecule has 82 valence electrons. The Morgan fingerprint density at radius 3 is 2.94 bits per heavy atom. The molecule has 1 heterocycles. The lowest BCUT2D eigenvalue weighted by Crippen LogP contribution is -2.25. The minimum Gasteiger partial charge on any atom is -0.301 e. The van der Waals surface area contributed by atoms with Gasteiger partial charge >= 0.3 is 0 Å². The molecule has 1 aliphatic heterocycles. The summed E-state index contributed by atoms with van der Waals surface area (Å²) >= 11 is 0. The summed E-state index contributed by atoms with van der Waals surface area (Å²) in [5.74, 6) is 0. The number of nitrogens with zero attached hydrogens (tertiary/aromatic N) is 3. The zero-order valence-electron chi connectivity index (χ0n) is 8.53. The van der Waals surface area contributed by atoms with Gasteiger partial charge in [-0.1, -0.05) is 12.1 Å². The minimum absolute atomic E-state index is 0.0267. The molecule has 1 aromatic rings. The van der Waals surface area contributed by atoms with Crippen LogP contribution in [0.5, 0.6) is 0 Å². The largest absolute Gasteiger partial charge is 0.301 e. The van der Waals surface area contributed by atoms with Crippen LogP contribution < -0.4 is 0 Å². The van der Waals surface area contributed by atoms with Gasteiger partial charge < -0.3 is 4.79 Å². The molecular weight excluding hydrogens is 210 g/mol. The molecule has 0 saturated carbocycles. The number of hydrogen-bond donors (Lipinski definition) is 0.